The molecule has 0 saturated heterocycles. The largest absolute Gasteiger partial charge is 0.395 e. The molecule has 0 aliphatic carbocycles. The molecule has 0 atom stereocenters. The summed E-state index contributed by atoms with van der Waals surface area (Å²) in [5.74, 6) is 0. The molecule has 0 saturated carbocycles. The minimum absolute atomic E-state index is 0.00702. The van der Waals surface area contributed by atoms with Crippen LogP contribution in [0.2, 0.25) is 0 Å². The molecule has 148 valence electrons. The minimum atomic E-state index is -0.633. The molecule has 0 spiro atoms. The highest BCUT2D eigenvalue weighted by Gasteiger charge is 2.28. The van der Waals surface area contributed by atoms with Gasteiger partial charge < -0.3 is 15.3 Å². The number of hydrogen-bond donors (Lipinski definition) is 2. The van der Waals surface area contributed by atoms with Crippen LogP contribution in [0.4, 0.5) is 28.4 Å². The Morgan fingerprint density at radius 1 is 1.21 bits per heavy atom. The first kappa shape index (κ1) is 19.5. The number of aliphatic hydroxyl groups is 1. The van der Waals surface area contributed by atoms with Crippen molar-refractivity contribution >= 4 is 39.5 Å². The third-order valence-corrected chi connectivity index (χ3v) is 4.12. The Morgan fingerprint density at radius 2 is 1.93 bits per heavy atom. The molecule has 13 nitrogen and oxygen atoms in total. The third-order valence-electron chi connectivity index (χ3n) is 4.12. The van der Waals surface area contributed by atoms with Crippen molar-refractivity contribution in [3.8, 4) is 6.07 Å². The molecule has 0 aliphatic heterocycles. The highest BCUT2D eigenvalue weighted by atomic mass is 16.6. The summed E-state index contributed by atoms with van der Waals surface area (Å²) in [6, 6.07) is 6.93. The molecule has 0 unspecified atom stereocenters. The summed E-state index contributed by atoms with van der Waals surface area (Å²) in [5.41, 5.74) is -0.105. The Balaban J connectivity index is 2.17. The minimum Gasteiger partial charge on any atom is -0.395 e. The summed E-state index contributed by atoms with van der Waals surface area (Å²) in [5, 5.41) is 51.2. The molecule has 0 aliphatic rings. The molecule has 13 heteroatoms. The number of nitro groups is 2. The van der Waals surface area contributed by atoms with E-state index < -0.39 is 9.85 Å². The number of nitrogens with one attached hydrogen (secondary N) is 1. The molecular formula is C16H13N7O6. The van der Waals surface area contributed by atoms with Gasteiger partial charge >= 0.3 is 5.69 Å². The van der Waals surface area contributed by atoms with Crippen LogP contribution in [0.3, 0.4) is 0 Å². The van der Waals surface area contributed by atoms with E-state index in [1.165, 1.54) is 23.1 Å². The van der Waals surface area contributed by atoms with Crippen molar-refractivity contribution in [1.82, 2.24) is 10.3 Å². The Kier molecular flexibility index (Phi) is 5.19. The number of likely N-dealkylation sites (N-methyl/N-ethyl adjacent to an activating group) is 1. The van der Waals surface area contributed by atoms with Gasteiger partial charge in [0.05, 0.1) is 33.4 Å². The molecule has 2 aromatic carbocycles. The Morgan fingerprint density at radius 3 is 2.55 bits per heavy atom. The van der Waals surface area contributed by atoms with Crippen molar-refractivity contribution in [2.45, 2.75) is 0 Å². The lowest BCUT2D eigenvalue weighted by Gasteiger charge is -2.19. The van der Waals surface area contributed by atoms with Gasteiger partial charge in [0, 0.05) is 25.7 Å². The van der Waals surface area contributed by atoms with E-state index in [0.717, 1.165) is 6.07 Å². The monoisotopic (exact) mass is 399 g/mol. The number of aliphatic hydroxyl groups excluding tert-OH is 1. The van der Waals surface area contributed by atoms with Gasteiger partial charge in [-0.2, -0.15) is 5.26 Å². The SMILES string of the molecule is CN(CCO)c1cc(Nc2ccc([N+](=O)[O-])cc2C#N)c2nonc2c1[N+](=O)[O-]. The van der Waals surface area contributed by atoms with Crippen LogP contribution in [-0.4, -0.2) is 45.5 Å². The Hall–Kier alpha value is -4.31. The van der Waals surface area contributed by atoms with Gasteiger partial charge in [-0.05, 0) is 22.4 Å². The van der Waals surface area contributed by atoms with Crippen molar-refractivity contribution in [2.75, 3.05) is 30.4 Å². The van der Waals surface area contributed by atoms with Crippen LogP contribution in [0.25, 0.3) is 11.0 Å². The number of non-ortho nitro benzene ring substituents is 1. The molecule has 1 heterocycles. The lowest BCUT2D eigenvalue weighted by atomic mass is 10.1. The van der Waals surface area contributed by atoms with Crippen LogP contribution in [0.5, 0.6) is 0 Å². The average molecular weight is 399 g/mol. The molecule has 0 radical (unpaired) electrons. The van der Waals surface area contributed by atoms with E-state index >= 15 is 0 Å². The van der Waals surface area contributed by atoms with E-state index in [1.54, 1.807) is 7.05 Å². The summed E-state index contributed by atoms with van der Waals surface area (Å²) in [7, 11) is 1.55. The van der Waals surface area contributed by atoms with Crippen molar-refractivity contribution < 1.29 is 19.6 Å². The zero-order valence-electron chi connectivity index (χ0n) is 14.9. The topological polar surface area (TPSA) is 184 Å². The number of hydrogen-bond acceptors (Lipinski definition) is 11. The van der Waals surface area contributed by atoms with E-state index in [0.29, 0.717) is 0 Å². The second-order valence-electron chi connectivity index (χ2n) is 5.88. The third kappa shape index (κ3) is 3.59. The maximum atomic E-state index is 11.6. The second-order valence-corrected chi connectivity index (χ2v) is 5.88. The van der Waals surface area contributed by atoms with Gasteiger partial charge in [-0.3, -0.25) is 20.2 Å². The van der Waals surface area contributed by atoms with Crippen LogP contribution in [0.1, 0.15) is 5.56 Å². The number of nitriles is 1. The van der Waals surface area contributed by atoms with Crippen LogP contribution in [0, 0.1) is 31.6 Å². The molecule has 0 bridgehead atoms. The highest BCUT2D eigenvalue weighted by molar-refractivity contribution is 6.01. The Labute approximate surface area is 162 Å². The number of fused-ring (bicyclic) bond motifs is 1. The summed E-state index contributed by atoms with van der Waals surface area (Å²) >= 11 is 0. The van der Waals surface area contributed by atoms with E-state index in [9.17, 15) is 30.6 Å². The fraction of sp³-hybridized carbons (Fsp3) is 0.188. The molecule has 2 N–H and O–H groups in total. The number of aromatic nitrogens is 2. The molecule has 3 aromatic rings. The van der Waals surface area contributed by atoms with Gasteiger partial charge in [-0.25, -0.2) is 4.63 Å². The number of anilines is 3. The highest BCUT2D eigenvalue weighted by Crippen LogP contribution is 2.40. The van der Waals surface area contributed by atoms with E-state index in [-0.39, 0.29) is 58.2 Å². The van der Waals surface area contributed by atoms with E-state index in [4.69, 9.17) is 0 Å². The van der Waals surface area contributed by atoms with Gasteiger partial charge in [0.2, 0.25) is 5.52 Å². The van der Waals surface area contributed by atoms with Crippen LogP contribution in [0.15, 0.2) is 28.9 Å². The smallest absolute Gasteiger partial charge is 0.323 e. The number of rotatable bonds is 7. The summed E-state index contributed by atoms with van der Waals surface area (Å²) in [6.07, 6.45) is 0. The normalized spacial score (nSPS) is 10.5. The predicted molar refractivity (Wildman–Crippen MR) is 99.9 cm³/mol. The van der Waals surface area contributed by atoms with Crippen molar-refractivity contribution in [1.29, 1.82) is 5.26 Å². The number of nitro benzene ring substituents is 2. The average Bonchev–Trinajstić information content (AvgIpc) is 3.17. The Bertz CT molecular complexity index is 1150. The second kappa shape index (κ2) is 7.74. The van der Waals surface area contributed by atoms with Crippen LogP contribution in [-0.2, 0) is 0 Å². The number of benzene rings is 2. The first-order valence-corrected chi connectivity index (χ1v) is 8.08. The van der Waals surface area contributed by atoms with Crippen molar-refractivity contribution in [2.24, 2.45) is 0 Å². The van der Waals surface area contributed by atoms with E-state index in [2.05, 4.69) is 20.3 Å². The van der Waals surface area contributed by atoms with Gasteiger partial charge in [0.15, 0.2) is 5.52 Å². The molecule has 0 fully saturated rings. The van der Waals surface area contributed by atoms with Crippen molar-refractivity contribution in [3.05, 3.63) is 50.1 Å². The lowest BCUT2D eigenvalue weighted by molar-refractivity contribution is -0.384. The maximum absolute atomic E-state index is 11.6. The van der Waals surface area contributed by atoms with Crippen molar-refractivity contribution in [3.63, 3.8) is 0 Å². The fourth-order valence-corrected chi connectivity index (χ4v) is 2.74. The number of nitrogens with zero attached hydrogens (tertiary/aromatic N) is 6. The molecular weight excluding hydrogens is 386 g/mol. The van der Waals surface area contributed by atoms with Gasteiger partial charge in [0.1, 0.15) is 11.8 Å². The summed E-state index contributed by atoms with van der Waals surface area (Å²) in [4.78, 5) is 22.7. The first-order chi connectivity index (χ1) is 13.9. The standard InChI is InChI=1S/C16H13N7O6/c1-21(4-5-24)13-7-12(14-15(20-29-19-14)16(13)23(27)28)18-11-3-2-10(22(25)26)6-9(11)8-17/h2-3,6-7,18,24H,4-5H2,1H3. The maximum Gasteiger partial charge on any atom is 0.323 e. The van der Waals surface area contributed by atoms with Gasteiger partial charge in [-0.15, -0.1) is 0 Å². The van der Waals surface area contributed by atoms with E-state index in [1.807, 2.05) is 6.07 Å². The van der Waals surface area contributed by atoms with Crippen LogP contribution >= 0.6 is 0 Å². The lowest BCUT2D eigenvalue weighted by Crippen LogP contribution is -2.22. The zero-order valence-corrected chi connectivity index (χ0v) is 14.9. The predicted octanol–water partition coefficient (Wildman–Crippen LogP) is 2.08. The molecule has 29 heavy (non-hydrogen) atoms. The molecule has 1 aromatic heterocycles. The molecule has 3 rings (SSSR count). The zero-order chi connectivity index (χ0) is 21.1. The van der Waals surface area contributed by atoms with Gasteiger partial charge in [0.25, 0.3) is 5.69 Å². The summed E-state index contributed by atoms with van der Waals surface area (Å²) in [6.45, 7) is -0.134. The fourth-order valence-electron chi connectivity index (χ4n) is 2.74. The van der Waals surface area contributed by atoms with Crippen LogP contribution < -0.4 is 10.2 Å². The summed E-state index contributed by atoms with van der Waals surface area (Å²) < 4.78 is 4.67. The molecule has 0 amide bonds. The quantitative estimate of drug-likeness (QED) is 0.437. The first-order valence-electron chi connectivity index (χ1n) is 8.08. The van der Waals surface area contributed by atoms with Gasteiger partial charge in [-0.1, -0.05) is 0 Å².